The van der Waals surface area contributed by atoms with Gasteiger partial charge in [0, 0.05) is 4.88 Å². The molecular weight excluding hydrogens is 195 g/mol. The number of rotatable bonds is 1. The van der Waals surface area contributed by atoms with Crippen molar-refractivity contribution in [3.8, 4) is 10.4 Å². The van der Waals surface area contributed by atoms with E-state index < -0.39 is 0 Å². The SMILES string of the molecule is Cc1csc(-c2ccc(F)cc2C)c1. The van der Waals surface area contributed by atoms with Crippen molar-refractivity contribution in [3.05, 3.63) is 46.6 Å². The van der Waals surface area contributed by atoms with Gasteiger partial charge in [0.25, 0.3) is 0 Å². The summed E-state index contributed by atoms with van der Waals surface area (Å²) in [6.07, 6.45) is 0. The number of thiophene rings is 1. The number of hydrogen-bond acceptors (Lipinski definition) is 1. The van der Waals surface area contributed by atoms with Crippen LogP contribution in [0.15, 0.2) is 29.6 Å². The molecule has 72 valence electrons. The van der Waals surface area contributed by atoms with E-state index in [4.69, 9.17) is 0 Å². The minimum atomic E-state index is -0.167. The molecular formula is C12H11FS. The Bertz CT molecular complexity index is 457. The van der Waals surface area contributed by atoms with Crippen LogP contribution in [-0.4, -0.2) is 0 Å². The molecule has 0 radical (unpaired) electrons. The molecule has 0 aliphatic rings. The van der Waals surface area contributed by atoms with Crippen LogP contribution in [0, 0.1) is 19.7 Å². The third kappa shape index (κ3) is 1.70. The van der Waals surface area contributed by atoms with E-state index in [1.54, 1.807) is 17.4 Å². The average Bonchev–Trinajstić information content (AvgIpc) is 2.51. The van der Waals surface area contributed by atoms with Crippen LogP contribution >= 0.6 is 11.3 Å². The second kappa shape index (κ2) is 3.54. The van der Waals surface area contributed by atoms with Gasteiger partial charge in [-0.25, -0.2) is 4.39 Å². The fourth-order valence-electron chi connectivity index (χ4n) is 1.48. The summed E-state index contributed by atoms with van der Waals surface area (Å²) in [6.45, 7) is 4.01. The summed E-state index contributed by atoms with van der Waals surface area (Å²) >= 11 is 1.70. The highest BCUT2D eigenvalue weighted by Crippen LogP contribution is 2.29. The van der Waals surface area contributed by atoms with E-state index in [9.17, 15) is 4.39 Å². The van der Waals surface area contributed by atoms with Crippen molar-refractivity contribution in [3.63, 3.8) is 0 Å². The summed E-state index contributed by atoms with van der Waals surface area (Å²) < 4.78 is 12.9. The first-order chi connectivity index (χ1) is 6.66. The van der Waals surface area contributed by atoms with Crippen molar-refractivity contribution in [1.29, 1.82) is 0 Å². The van der Waals surface area contributed by atoms with Gasteiger partial charge in [-0.3, -0.25) is 0 Å². The molecule has 0 spiro atoms. The molecule has 0 nitrogen and oxygen atoms in total. The fourth-order valence-corrected chi connectivity index (χ4v) is 2.47. The molecule has 2 aromatic rings. The highest BCUT2D eigenvalue weighted by molar-refractivity contribution is 7.13. The Hall–Kier alpha value is -1.15. The quantitative estimate of drug-likeness (QED) is 0.657. The second-order valence-corrected chi connectivity index (χ2v) is 4.36. The fraction of sp³-hybridized carbons (Fsp3) is 0.167. The van der Waals surface area contributed by atoms with Crippen LogP contribution in [0.3, 0.4) is 0 Å². The maximum Gasteiger partial charge on any atom is 0.123 e. The van der Waals surface area contributed by atoms with E-state index in [1.165, 1.54) is 16.5 Å². The Balaban J connectivity index is 2.52. The molecule has 0 unspecified atom stereocenters. The van der Waals surface area contributed by atoms with E-state index in [2.05, 4.69) is 18.4 Å². The normalized spacial score (nSPS) is 10.5. The third-order valence-electron chi connectivity index (χ3n) is 2.18. The van der Waals surface area contributed by atoms with Crippen LogP contribution in [0.2, 0.25) is 0 Å². The summed E-state index contributed by atoms with van der Waals surface area (Å²) in [5.41, 5.74) is 3.38. The molecule has 1 aromatic heterocycles. The van der Waals surface area contributed by atoms with Crippen molar-refractivity contribution >= 4 is 11.3 Å². The van der Waals surface area contributed by atoms with Crippen LogP contribution in [-0.2, 0) is 0 Å². The molecule has 0 saturated carbocycles. The van der Waals surface area contributed by atoms with Crippen molar-refractivity contribution in [2.45, 2.75) is 13.8 Å². The molecule has 0 N–H and O–H groups in total. The lowest BCUT2D eigenvalue weighted by atomic mass is 10.1. The number of halogens is 1. The molecule has 2 heteroatoms. The molecule has 0 aliphatic carbocycles. The zero-order valence-corrected chi connectivity index (χ0v) is 8.99. The first-order valence-corrected chi connectivity index (χ1v) is 5.36. The predicted octanol–water partition coefficient (Wildman–Crippen LogP) is 4.17. The van der Waals surface area contributed by atoms with Gasteiger partial charge in [0.2, 0.25) is 0 Å². The molecule has 0 fully saturated rings. The molecule has 0 aliphatic heterocycles. The molecule has 2 rings (SSSR count). The highest BCUT2D eigenvalue weighted by Gasteiger charge is 2.04. The number of benzene rings is 1. The minimum Gasteiger partial charge on any atom is -0.207 e. The van der Waals surface area contributed by atoms with Gasteiger partial charge in [-0.1, -0.05) is 6.07 Å². The van der Waals surface area contributed by atoms with Gasteiger partial charge in [0.05, 0.1) is 0 Å². The summed E-state index contributed by atoms with van der Waals surface area (Å²) in [4.78, 5) is 1.21. The Labute approximate surface area is 87.0 Å². The minimum absolute atomic E-state index is 0.167. The molecule has 1 heterocycles. The zero-order chi connectivity index (χ0) is 10.1. The average molecular weight is 206 g/mol. The Morgan fingerprint density at radius 1 is 1.14 bits per heavy atom. The Morgan fingerprint density at radius 2 is 1.93 bits per heavy atom. The predicted molar refractivity (Wildman–Crippen MR) is 59.2 cm³/mol. The van der Waals surface area contributed by atoms with Crippen molar-refractivity contribution in [2.75, 3.05) is 0 Å². The van der Waals surface area contributed by atoms with E-state index in [0.29, 0.717) is 0 Å². The van der Waals surface area contributed by atoms with Crippen LogP contribution < -0.4 is 0 Å². The largest absolute Gasteiger partial charge is 0.207 e. The van der Waals surface area contributed by atoms with Gasteiger partial charge in [0.15, 0.2) is 0 Å². The summed E-state index contributed by atoms with van der Waals surface area (Å²) in [5, 5.41) is 2.11. The lowest BCUT2D eigenvalue weighted by Crippen LogP contribution is -1.82. The summed E-state index contributed by atoms with van der Waals surface area (Å²) in [5.74, 6) is -0.167. The molecule has 14 heavy (non-hydrogen) atoms. The number of hydrogen-bond donors (Lipinski definition) is 0. The van der Waals surface area contributed by atoms with E-state index in [-0.39, 0.29) is 5.82 Å². The Morgan fingerprint density at radius 3 is 2.50 bits per heavy atom. The maximum absolute atomic E-state index is 12.9. The first kappa shape index (κ1) is 9.41. The van der Waals surface area contributed by atoms with Gasteiger partial charge in [-0.05, 0) is 54.1 Å². The molecule has 0 atom stereocenters. The summed E-state index contributed by atoms with van der Waals surface area (Å²) in [7, 11) is 0. The van der Waals surface area contributed by atoms with Crippen LogP contribution in [0.1, 0.15) is 11.1 Å². The van der Waals surface area contributed by atoms with Gasteiger partial charge in [-0.15, -0.1) is 11.3 Å². The zero-order valence-electron chi connectivity index (χ0n) is 8.17. The van der Waals surface area contributed by atoms with E-state index in [0.717, 1.165) is 11.1 Å². The van der Waals surface area contributed by atoms with Gasteiger partial charge in [-0.2, -0.15) is 0 Å². The molecule has 0 amide bonds. The third-order valence-corrected chi connectivity index (χ3v) is 3.27. The summed E-state index contributed by atoms with van der Waals surface area (Å²) in [6, 6.07) is 7.06. The molecule has 0 saturated heterocycles. The monoisotopic (exact) mass is 206 g/mol. The van der Waals surface area contributed by atoms with Crippen LogP contribution in [0.5, 0.6) is 0 Å². The smallest absolute Gasteiger partial charge is 0.123 e. The Kier molecular flexibility index (Phi) is 2.38. The molecule has 1 aromatic carbocycles. The topological polar surface area (TPSA) is 0 Å². The second-order valence-electron chi connectivity index (χ2n) is 3.45. The number of aryl methyl sites for hydroxylation is 2. The standard InChI is InChI=1S/C12H11FS/c1-8-5-12(14-7-8)11-4-3-10(13)6-9(11)2/h3-7H,1-2H3. The van der Waals surface area contributed by atoms with Gasteiger partial charge < -0.3 is 0 Å². The van der Waals surface area contributed by atoms with Crippen molar-refractivity contribution in [2.24, 2.45) is 0 Å². The van der Waals surface area contributed by atoms with Crippen LogP contribution in [0.25, 0.3) is 10.4 Å². The van der Waals surface area contributed by atoms with Gasteiger partial charge >= 0.3 is 0 Å². The van der Waals surface area contributed by atoms with E-state index >= 15 is 0 Å². The van der Waals surface area contributed by atoms with Crippen molar-refractivity contribution < 1.29 is 4.39 Å². The first-order valence-electron chi connectivity index (χ1n) is 4.48. The van der Waals surface area contributed by atoms with Gasteiger partial charge in [0.1, 0.15) is 5.82 Å². The van der Waals surface area contributed by atoms with E-state index in [1.807, 2.05) is 13.0 Å². The highest BCUT2D eigenvalue weighted by atomic mass is 32.1. The van der Waals surface area contributed by atoms with Crippen molar-refractivity contribution in [1.82, 2.24) is 0 Å². The van der Waals surface area contributed by atoms with Crippen LogP contribution in [0.4, 0.5) is 4.39 Å². The maximum atomic E-state index is 12.9. The lowest BCUT2D eigenvalue weighted by Gasteiger charge is -2.02. The molecule has 0 bridgehead atoms. The lowest BCUT2D eigenvalue weighted by molar-refractivity contribution is 0.627.